The van der Waals surface area contributed by atoms with Crippen LogP contribution in [0.4, 0.5) is 26.3 Å². The smallest absolute Gasteiger partial charge is 0.438 e. The summed E-state index contributed by atoms with van der Waals surface area (Å²) < 4.78 is 78.1. The molecule has 2 N–H and O–H groups in total. The zero-order valence-electron chi connectivity index (χ0n) is 22.8. The van der Waals surface area contributed by atoms with Crippen molar-refractivity contribution in [2.45, 2.75) is 89.6 Å². The molecule has 0 heterocycles. The number of unbranched alkanes of at least 4 members (excludes halogenated alkanes) is 2. The van der Waals surface area contributed by atoms with Gasteiger partial charge in [-0.05, 0) is 79.8 Å². The summed E-state index contributed by atoms with van der Waals surface area (Å²) in [6.07, 6.45) is -8.74. The molecule has 0 aromatic heterocycles. The predicted molar refractivity (Wildman–Crippen MR) is 141 cm³/mol. The van der Waals surface area contributed by atoms with Gasteiger partial charge in [-0.1, -0.05) is 55.9 Å². The van der Waals surface area contributed by atoms with E-state index in [2.05, 4.69) is 11.8 Å². The van der Waals surface area contributed by atoms with Crippen LogP contribution in [0.2, 0.25) is 0 Å². The zero-order valence-corrected chi connectivity index (χ0v) is 22.8. The number of rotatable bonds is 8. The Morgan fingerprint density at radius 2 is 1.27 bits per heavy atom. The van der Waals surface area contributed by atoms with Crippen molar-refractivity contribution in [3.05, 3.63) is 69.8 Å². The van der Waals surface area contributed by atoms with Gasteiger partial charge in [0, 0.05) is 29.4 Å². The molecule has 0 aliphatic heterocycles. The fraction of sp³-hybridized carbons (Fsp3) is 0.452. The van der Waals surface area contributed by atoms with Gasteiger partial charge in [0.1, 0.15) is 0 Å². The van der Waals surface area contributed by atoms with E-state index in [4.69, 9.17) is 5.11 Å². The van der Waals surface area contributed by atoms with Crippen molar-refractivity contribution < 1.29 is 41.4 Å². The minimum Gasteiger partial charge on any atom is -0.481 e. The van der Waals surface area contributed by atoms with Crippen molar-refractivity contribution in [1.82, 2.24) is 0 Å². The molecule has 2 rings (SSSR count). The number of alkyl halides is 6. The Morgan fingerprint density at radius 3 is 1.68 bits per heavy atom. The summed E-state index contributed by atoms with van der Waals surface area (Å²) in [5, 5.41) is 18.1. The molecule has 2 aromatic carbocycles. The number of aliphatic carboxylic acids is 1. The minimum atomic E-state index is -6.01. The second-order valence-corrected chi connectivity index (χ2v) is 9.71. The SMILES string of the molecule is CCC(CC)(c1ccc(C#CCCCCC(=O)O)c(C)c1)c1ccc(C#CC(O)(C(F)(F)F)C(F)(F)F)c(C)c1. The Kier molecular flexibility index (Phi) is 10.5. The fourth-order valence-corrected chi connectivity index (χ4v) is 4.54. The van der Waals surface area contributed by atoms with Gasteiger partial charge in [0.2, 0.25) is 0 Å². The Balaban J connectivity index is 2.41. The lowest BCUT2D eigenvalue weighted by atomic mass is 9.69. The van der Waals surface area contributed by atoms with Crippen LogP contribution >= 0.6 is 0 Å². The van der Waals surface area contributed by atoms with Gasteiger partial charge in [0.05, 0.1) is 0 Å². The lowest BCUT2D eigenvalue weighted by Crippen LogP contribution is -2.55. The number of carboxylic acid groups (broad SMARTS) is 1. The van der Waals surface area contributed by atoms with Gasteiger partial charge in [0.15, 0.2) is 0 Å². The minimum absolute atomic E-state index is 0.0538. The molecular formula is C31H32F6O3. The molecule has 40 heavy (non-hydrogen) atoms. The Labute approximate surface area is 230 Å². The predicted octanol–water partition coefficient (Wildman–Crippen LogP) is 7.61. The van der Waals surface area contributed by atoms with Crippen molar-refractivity contribution >= 4 is 5.97 Å². The van der Waals surface area contributed by atoms with E-state index in [1.807, 2.05) is 44.9 Å². The monoisotopic (exact) mass is 566 g/mol. The lowest BCUT2D eigenvalue weighted by Gasteiger charge is -2.34. The summed E-state index contributed by atoms with van der Waals surface area (Å²) in [7, 11) is 0. The van der Waals surface area contributed by atoms with Gasteiger partial charge in [-0.2, -0.15) is 26.3 Å². The molecule has 0 bridgehead atoms. The highest BCUT2D eigenvalue weighted by atomic mass is 19.4. The standard InChI is InChI=1S/C31H32F6O3/c1-5-28(6-2,25-15-13-23(21(3)19-25)11-9-7-8-10-12-27(38)39)26-16-14-24(22(4)20-26)17-18-29(40,30(32,33)34)31(35,36)37/h13-16,19-20,40H,5-8,10,12H2,1-4H3,(H,38,39). The molecule has 0 fully saturated rings. The van der Waals surface area contributed by atoms with Crippen LogP contribution in [0.15, 0.2) is 36.4 Å². The Morgan fingerprint density at radius 1 is 0.800 bits per heavy atom. The van der Waals surface area contributed by atoms with Gasteiger partial charge in [-0.3, -0.25) is 4.79 Å². The third-order valence-corrected chi connectivity index (χ3v) is 7.13. The maximum atomic E-state index is 13.0. The fourth-order valence-electron chi connectivity index (χ4n) is 4.54. The van der Waals surface area contributed by atoms with Crippen molar-refractivity contribution in [2.75, 3.05) is 0 Å². The number of carboxylic acids is 1. The molecule has 3 nitrogen and oxygen atoms in total. The van der Waals surface area contributed by atoms with E-state index in [-0.39, 0.29) is 12.0 Å². The first-order valence-corrected chi connectivity index (χ1v) is 12.8. The van der Waals surface area contributed by atoms with Crippen LogP contribution in [0, 0.1) is 37.5 Å². The van der Waals surface area contributed by atoms with E-state index in [0.29, 0.717) is 37.7 Å². The molecule has 216 valence electrons. The van der Waals surface area contributed by atoms with E-state index in [1.54, 1.807) is 19.1 Å². The highest BCUT2D eigenvalue weighted by molar-refractivity contribution is 5.66. The molecular weight excluding hydrogens is 534 g/mol. The van der Waals surface area contributed by atoms with Gasteiger partial charge in [-0.25, -0.2) is 0 Å². The lowest BCUT2D eigenvalue weighted by molar-refractivity contribution is -0.343. The molecule has 0 amide bonds. The topological polar surface area (TPSA) is 57.5 Å². The summed E-state index contributed by atoms with van der Waals surface area (Å²) in [5.41, 5.74) is -1.69. The second-order valence-electron chi connectivity index (χ2n) is 9.71. The number of hydrogen-bond acceptors (Lipinski definition) is 2. The average molecular weight is 567 g/mol. The number of halogens is 6. The molecule has 0 atom stereocenters. The van der Waals surface area contributed by atoms with Crippen LogP contribution in [-0.4, -0.2) is 34.1 Å². The summed E-state index contributed by atoms with van der Waals surface area (Å²) in [6, 6.07) is 10.6. The van der Waals surface area contributed by atoms with Crippen LogP contribution in [0.1, 0.15) is 85.8 Å². The molecule has 0 radical (unpaired) electrons. The first-order valence-electron chi connectivity index (χ1n) is 12.8. The summed E-state index contributed by atoms with van der Waals surface area (Å²) in [4.78, 5) is 10.6. The van der Waals surface area contributed by atoms with Gasteiger partial charge < -0.3 is 10.2 Å². The van der Waals surface area contributed by atoms with Crippen LogP contribution in [0.5, 0.6) is 0 Å². The van der Waals surface area contributed by atoms with Gasteiger partial charge in [-0.15, -0.1) is 0 Å². The van der Waals surface area contributed by atoms with Crippen LogP contribution in [0.3, 0.4) is 0 Å². The number of hydrogen-bond donors (Lipinski definition) is 2. The normalized spacial score (nSPS) is 12.3. The highest BCUT2D eigenvalue weighted by Crippen LogP contribution is 2.43. The number of carbonyl (C=O) groups is 1. The first kappa shape index (κ1) is 32.8. The number of benzene rings is 2. The van der Waals surface area contributed by atoms with Crippen molar-refractivity contribution in [3.63, 3.8) is 0 Å². The van der Waals surface area contributed by atoms with E-state index in [1.165, 1.54) is 6.07 Å². The van der Waals surface area contributed by atoms with Crippen molar-refractivity contribution in [1.29, 1.82) is 0 Å². The number of aryl methyl sites for hydroxylation is 2. The van der Waals surface area contributed by atoms with E-state index in [0.717, 1.165) is 28.2 Å². The van der Waals surface area contributed by atoms with Gasteiger partial charge in [0.25, 0.3) is 0 Å². The maximum Gasteiger partial charge on any atom is 0.438 e. The van der Waals surface area contributed by atoms with E-state index >= 15 is 0 Å². The molecule has 0 saturated heterocycles. The van der Waals surface area contributed by atoms with Crippen LogP contribution in [-0.2, 0) is 10.2 Å². The summed E-state index contributed by atoms with van der Waals surface area (Å²) in [5.74, 6) is 8.27. The van der Waals surface area contributed by atoms with Gasteiger partial charge >= 0.3 is 23.9 Å². The second kappa shape index (κ2) is 12.8. The molecule has 0 aliphatic rings. The molecule has 0 unspecified atom stereocenters. The molecule has 0 spiro atoms. The Bertz CT molecular complexity index is 1320. The maximum absolute atomic E-state index is 13.0. The van der Waals surface area contributed by atoms with Crippen LogP contribution in [0.25, 0.3) is 0 Å². The summed E-state index contributed by atoms with van der Waals surface area (Å²) in [6.45, 7) is 7.48. The molecule has 0 aliphatic carbocycles. The average Bonchev–Trinajstić information content (AvgIpc) is 2.86. The van der Waals surface area contributed by atoms with Crippen molar-refractivity contribution in [3.8, 4) is 23.7 Å². The third kappa shape index (κ3) is 7.20. The van der Waals surface area contributed by atoms with Crippen LogP contribution < -0.4 is 0 Å². The zero-order chi connectivity index (χ0) is 30.4. The largest absolute Gasteiger partial charge is 0.481 e. The molecule has 9 heteroatoms. The summed E-state index contributed by atoms with van der Waals surface area (Å²) >= 11 is 0. The number of aliphatic hydroxyl groups is 1. The molecule has 0 saturated carbocycles. The molecule has 2 aromatic rings. The van der Waals surface area contributed by atoms with E-state index < -0.39 is 29.3 Å². The highest BCUT2D eigenvalue weighted by Gasteiger charge is 2.70. The quantitative estimate of drug-likeness (QED) is 0.196. The first-order chi connectivity index (χ1) is 18.5. The van der Waals surface area contributed by atoms with E-state index in [9.17, 15) is 36.2 Å². The third-order valence-electron chi connectivity index (χ3n) is 7.13. The Hall–Kier alpha value is -3.43. The van der Waals surface area contributed by atoms with Crippen molar-refractivity contribution in [2.24, 2.45) is 0 Å².